The van der Waals surface area contributed by atoms with Crippen molar-refractivity contribution in [3.8, 4) is 11.5 Å². The normalized spacial score (nSPS) is 16.0. The van der Waals surface area contributed by atoms with E-state index in [2.05, 4.69) is 5.32 Å². The van der Waals surface area contributed by atoms with Crippen LogP contribution in [0.5, 0.6) is 11.5 Å². The van der Waals surface area contributed by atoms with E-state index in [0.29, 0.717) is 54.6 Å². The molecule has 0 spiro atoms. The number of imide groups is 1. The van der Waals surface area contributed by atoms with E-state index in [4.69, 9.17) is 9.47 Å². The maximum absolute atomic E-state index is 13.0. The number of nitrogens with zero attached hydrogens (tertiary/aromatic N) is 1. The standard InChI is InChI=1S/C22H22N2O4/c1-3-10-24-21(25)19(15-6-4-14(2)5-7-15)20(22(24)26)23-16-8-9-17-18(13-16)28-12-11-27-17/h4-9,13,23H,3,10-12H2,1-2H3. The number of carbonyl (C=O) groups is 2. The Balaban J connectivity index is 1.74. The molecule has 0 radical (unpaired) electrons. The Morgan fingerprint density at radius 2 is 1.68 bits per heavy atom. The molecule has 0 saturated carbocycles. The van der Waals surface area contributed by atoms with E-state index in [1.165, 1.54) is 4.90 Å². The minimum Gasteiger partial charge on any atom is -0.486 e. The van der Waals surface area contributed by atoms with Gasteiger partial charge in [0.1, 0.15) is 18.9 Å². The third-order valence-electron chi connectivity index (χ3n) is 4.77. The summed E-state index contributed by atoms with van der Waals surface area (Å²) in [6, 6.07) is 13.0. The summed E-state index contributed by atoms with van der Waals surface area (Å²) in [6.07, 6.45) is 0.704. The molecule has 4 rings (SSSR count). The predicted octanol–water partition coefficient (Wildman–Crippen LogP) is 3.37. The number of hydrogen-bond acceptors (Lipinski definition) is 5. The first-order valence-electron chi connectivity index (χ1n) is 9.42. The molecule has 0 aliphatic carbocycles. The molecule has 2 aromatic carbocycles. The van der Waals surface area contributed by atoms with E-state index >= 15 is 0 Å². The van der Waals surface area contributed by atoms with Crippen molar-refractivity contribution >= 4 is 23.1 Å². The first-order chi connectivity index (χ1) is 13.6. The molecule has 2 amide bonds. The van der Waals surface area contributed by atoms with Crippen LogP contribution < -0.4 is 14.8 Å². The van der Waals surface area contributed by atoms with Crippen LogP contribution >= 0.6 is 0 Å². The van der Waals surface area contributed by atoms with Gasteiger partial charge in [0.15, 0.2) is 11.5 Å². The summed E-state index contributed by atoms with van der Waals surface area (Å²) in [7, 11) is 0. The molecule has 2 aromatic rings. The molecule has 28 heavy (non-hydrogen) atoms. The maximum Gasteiger partial charge on any atom is 0.278 e. The number of fused-ring (bicyclic) bond motifs is 1. The molecule has 0 unspecified atom stereocenters. The molecule has 2 aliphatic rings. The maximum atomic E-state index is 13.0. The molecule has 6 heteroatoms. The highest BCUT2D eigenvalue weighted by Gasteiger charge is 2.38. The third kappa shape index (κ3) is 3.22. The van der Waals surface area contributed by atoms with Gasteiger partial charge in [-0.1, -0.05) is 36.8 Å². The summed E-state index contributed by atoms with van der Waals surface area (Å²) in [5, 5.41) is 3.15. The van der Waals surface area contributed by atoms with Gasteiger partial charge in [0.2, 0.25) is 0 Å². The second kappa shape index (κ2) is 7.38. The number of rotatable bonds is 5. The van der Waals surface area contributed by atoms with Crippen molar-refractivity contribution in [2.75, 3.05) is 25.1 Å². The first kappa shape index (κ1) is 18.1. The number of amides is 2. The first-order valence-corrected chi connectivity index (χ1v) is 9.42. The topological polar surface area (TPSA) is 67.9 Å². The summed E-state index contributed by atoms with van der Waals surface area (Å²) < 4.78 is 11.2. The lowest BCUT2D eigenvalue weighted by Crippen LogP contribution is -2.33. The van der Waals surface area contributed by atoms with Gasteiger partial charge in [0, 0.05) is 18.3 Å². The van der Waals surface area contributed by atoms with Gasteiger partial charge in [0.25, 0.3) is 11.8 Å². The lowest BCUT2D eigenvalue weighted by molar-refractivity contribution is -0.136. The highest BCUT2D eigenvalue weighted by atomic mass is 16.6. The van der Waals surface area contributed by atoms with Crippen molar-refractivity contribution in [2.24, 2.45) is 0 Å². The lowest BCUT2D eigenvalue weighted by Gasteiger charge is -2.19. The lowest BCUT2D eigenvalue weighted by atomic mass is 10.0. The number of anilines is 1. The molecule has 6 nitrogen and oxygen atoms in total. The van der Waals surface area contributed by atoms with Crippen LogP contribution in [0.4, 0.5) is 5.69 Å². The van der Waals surface area contributed by atoms with E-state index in [1.54, 1.807) is 12.1 Å². The quantitative estimate of drug-likeness (QED) is 0.808. The average molecular weight is 378 g/mol. The second-order valence-electron chi connectivity index (χ2n) is 6.86. The Hall–Kier alpha value is -3.28. The van der Waals surface area contributed by atoms with E-state index in [9.17, 15) is 9.59 Å². The van der Waals surface area contributed by atoms with Crippen molar-refractivity contribution in [1.82, 2.24) is 4.90 Å². The monoisotopic (exact) mass is 378 g/mol. The minimum atomic E-state index is -0.308. The minimum absolute atomic E-state index is 0.268. The van der Waals surface area contributed by atoms with Gasteiger partial charge < -0.3 is 14.8 Å². The van der Waals surface area contributed by atoms with Crippen LogP contribution in [0.3, 0.4) is 0 Å². The molecule has 2 heterocycles. The average Bonchev–Trinajstić information content (AvgIpc) is 2.93. The van der Waals surface area contributed by atoms with Gasteiger partial charge >= 0.3 is 0 Å². The summed E-state index contributed by atoms with van der Waals surface area (Å²) in [4.78, 5) is 27.3. The fourth-order valence-electron chi connectivity index (χ4n) is 3.37. The van der Waals surface area contributed by atoms with Crippen LogP contribution in [-0.2, 0) is 9.59 Å². The van der Waals surface area contributed by atoms with Crippen molar-refractivity contribution in [2.45, 2.75) is 20.3 Å². The predicted molar refractivity (Wildman–Crippen MR) is 106 cm³/mol. The SMILES string of the molecule is CCCN1C(=O)C(Nc2ccc3c(c2)OCCO3)=C(c2ccc(C)cc2)C1=O. The molecule has 144 valence electrons. The van der Waals surface area contributed by atoms with E-state index in [-0.39, 0.29) is 11.8 Å². The fraction of sp³-hybridized carbons (Fsp3) is 0.273. The Kier molecular flexibility index (Phi) is 4.77. The third-order valence-corrected chi connectivity index (χ3v) is 4.77. The number of benzene rings is 2. The van der Waals surface area contributed by atoms with Crippen molar-refractivity contribution in [3.63, 3.8) is 0 Å². The van der Waals surface area contributed by atoms with Gasteiger partial charge in [-0.3, -0.25) is 14.5 Å². The smallest absolute Gasteiger partial charge is 0.278 e. The van der Waals surface area contributed by atoms with E-state index in [1.807, 2.05) is 44.2 Å². The van der Waals surface area contributed by atoms with Crippen molar-refractivity contribution < 1.29 is 19.1 Å². The van der Waals surface area contributed by atoms with Gasteiger partial charge in [-0.25, -0.2) is 0 Å². The number of carbonyl (C=O) groups excluding carboxylic acids is 2. The number of aryl methyl sites for hydroxylation is 1. The number of ether oxygens (including phenoxy) is 2. The van der Waals surface area contributed by atoms with Crippen LogP contribution in [0.25, 0.3) is 5.57 Å². The van der Waals surface area contributed by atoms with Crippen molar-refractivity contribution in [1.29, 1.82) is 0 Å². The number of hydrogen-bond donors (Lipinski definition) is 1. The summed E-state index contributed by atoms with van der Waals surface area (Å²) in [6.45, 7) is 5.31. The molecule has 0 atom stereocenters. The summed E-state index contributed by atoms with van der Waals surface area (Å²) >= 11 is 0. The van der Waals surface area contributed by atoms with Crippen LogP contribution in [0, 0.1) is 6.92 Å². The van der Waals surface area contributed by atoms with Gasteiger partial charge in [-0.05, 0) is 31.0 Å². The molecule has 0 saturated heterocycles. The highest BCUT2D eigenvalue weighted by Crippen LogP contribution is 2.35. The fourth-order valence-corrected chi connectivity index (χ4v) is 3.37. The molecule has 0 bridgehead atoms. The van der Waals surface area contributed by atoms with Crippen LogP contribution in [-0.4, -0.2) is 36.5 Å². The molecule has 1 N–H and O–H groups in total. The Labute approximate surface area is 163 Å². The zero-order chi connectivity index (χ0) is 19.7. The highest BCUT2D eigenvalue weighted by molar-refractivity contribution is 6.36. The largest absolute Gasteiger partial charge is 0.486 e. The molecule has 0 fully saturated rings. The summed E-state index contributed by atoms with van der Waals surface area (Å²) in [5.41, 5.74) is 3.17. The van der Waals surface area contributed by atoms with Crippen LogP contribution in [0.1, 0.15) is 24.5 Å². The Morgan fingerprint density at radius 3 is 2.39 bits per heavy atom. The van der Waals surface area contributed by atoms with Gasteiger partial charge in [-0.2, -0.15) is 0 Å². The van der Waals surface area contributed by atoms with Gasteiger partial charge in [-0.15, -0.1) is 0 Å². The Bertz CT molecular complexity index is 963. The molecule has 2 aliphatic heterocycles. The van der Waals surface area contributed by atoms with Gasteiger partial charge in [0.05, 0.1) is 5.57 Å². The zero-order valence-electron chi connectivity index (χ0n) is 16.0. The zero-order valence-corrected chi connectivity index (χ0v) is 16.0. The summed E-state index contributed by atoms with van der Waals surface area (Å²) in [5.74, 6) is 0.718. The van der Waals surface area contributed by atoms with Crippen molar-refractivity contribution in [3.05, 3.63) is 59.3 Å². The van der Waals surface area contributed by atoms with Crippen LogP contribution in [0.2, 0.25) is 0 Å². The molecular weight excluding hydrogens is 356 g/mol. The van der Waals surface area contributed by atoms with E-state index < -0.39 is 0 Å². The van der Waals surface area contributed by atoms with Crippen LogP contribution in [0.15, 0.2) is 48.2 Å². The van der Waals surface area contributed by atoms with E-state index in [0.717, 1.165) is 11.1 Å². The molecular formula is C22H22N2O4. The second-order valence-corrected chi connectivity index (χ2v) is 6.86. The molecule has 0 aromatic heterocycles. The number of nitrogens with one attached hydrogen (secondary N) is 1. The Morgan fingerprint density at radius 1 is 0.964 bits per heavy atom.